The van der Waals surface area contributed by atoms with Crippen LogP contribution in [0.3, 0.4) is 0 Å². The van der Waals surface area contributed by atoms with Crippen molar-refractivity contribution < 1.29 is 4.79 Å². The summed E-state index contributed by atoms with van der Waals surface area (Å²) in [6, 6.07) is 1.85. The van der Waals surface area contributed by atoms with Crippen LogP contribution in [-0.4, -0.2) is 47.0 Å². The van der Waals surface area contributed by atoms with Gasteiger partial charge in [0.1, 0.15) is 0 Å². The number of hydrogen-bond donors (Lipinski definition) is 0. The standard InChI is InChI=1S/C15H22N4O/c1-2-18-12-15(5-4-13(18)20)6-10-19(11-7-15)14-16-8-3-9-17-14/h3,8-9H,2,4-7,10-12H2,1H3. The summed E-state index contributed by atoms with van der Waals surface area (Å²) in [6.07, 6.45) is 7.63. The molecule has 0 aromatic carbocycles. The lowest BCUT2D eigenvalue weighted by atomic mass is 9.72. The van der Waals surface area contributed by atoms with Crippen molar-refractivity contribution in [1.82, 2.24) is 14.9 Å². The van der Waals surface area contributed by atoms with Crippen LogP contribution in [0.1, 0.15) is 32.6 Å². The molecular weight excluding hydrogens is 252 g/mol. The van der Waals surface area contributed by atoms with Gasteiger partial charge in [0, 0.05) is 45.0 Å². The van der Waals surface area contributed by atoms with Gasteiger partial charge in [-0.3, -0.25) is 4.79 Å². The molecule has 108 valence electrons. The summed E-state index contributed by atoms with van der Waals surface area (Å²) < 4.78 is 0. The van der Waals surface area contributed by atoms with Gasteiger partial charge < -0.3 is 9.80 Å². The van der Waals surface area contributed by atoms with Gasteiger partial charge in [-0.15, -0.1) is 0 Å². The Kier molecular flexibility index (Phi) is 3.59. The Morgan fingerprint density at radius 2 is 1.90 bits per heavy atom. The smallest absolute Gasteiger partial charge is 0.225 e. The molecule has 1 amide bonds. The van der Waals surface area contributed by atoms with Gasteiger partial charge in [0.05, 0.1) is 0 Å². The van der Waals surface area contributed by atoms with E-state index in [-0.39, 0.29) is 0 Å². The maximum absolute atomic E-state index is 11.8. The van der Waals surface area contributed by atoms with Crippen molar-refractivity contribution in [3.63, 3.8) is 0 Å². The highest BCUT2D eigenvalue weighted by Crippen LogP contribution is 2.40. The molecule has 0 N–H and O–H groups in total. The number of amides is 1. The van der Waals surface area contributed by atoms with Crippen molar-refractivity contribution in [3.8, 4) is 0 Å². The van der Waals surface area contributed by atoms with Gasteiger partial charge in [0.15, 0.2) is 0 Å². The zero-order valence-electron chi connectivity index (χ0n) is 12.1. The second-order valence-corrected chi connectivity index (χ2v) is 5.94. The average molecular weight is 274 g/mol. The van der Waals surface area contributed by atoms with E-state index < -0.39 is 0 Å². The molecule has 2 aliphatic rings. The van der Waals surface area contributed by atoms with Crippen molar-refractivity contribution in [1.29, 1.82) is 0 Å². The third-order valence-corrected chi connectivity index (χ3v) is 4.79. The SMILES string of the molecule is CCN1CC2(CCC1=O)CCN(c1ncccn1)CC2. The van der Waals surface area contributed by atoms with Crippen molar-refractivity contribution in [2.24, 2.45) is 5.41 Å². The first-order chi connectivity index (χ1) is 9.72. The van der Waals surface area contributed by atoms with E-state index in [0.717, 1.165) is 57.8 Å². The quantitative estimate of drug-likeness (QED) is 0.823. The van der Waals surface area contributed by atoms with E-state index in [4.69, 9.17) is 0 Å². The van der Waals surface area contributed by atoms with Crippen LogP contribution in [0.25, 0.3) is 0 Å². The van der Waals surface area contributed by atoms with Crippen LogP contribution in [0, 0.1) is 5.41 Å². The summed E-state index contributed by atoms with van der Waals surface area (Å²) in [7, 11) is 0. The van der Waals surface area contributed by atoms with Crippen molar-refractivity contribution in [2.75, 3.05) is 31.1 Å². The Morgan fingerprint density at radius 3 is 2.55 bits per heavy atom. The zero-order chi connectivity index (χ0) is 14.0. The highest BCUT2D eigenvalue weighted by atomic mass is 16.2. The summed E-state index contributed by atoms with van der Waals surface area (Å²) in [6.45, 7) is 5.84. The molecule has 2 saturated heterocycles. The van der Waals surface area contributed by atoms with Crippen LogP contribution in [0.5, 0.6) is 0 Å². The van der Waals surface area contributed by atoms with E-state index in [1.165, 1.54) is 0 Å². The van der Waals surface area contributed by atoms with Crippen LogP contribution in [0.2, 0.25) is 0 Å². The Balaban J connectivity index is 1.65. The van der Waals surface area contributed by atoms with Crippen LogP contribution in [-0.2, 0) is 4.79 Å². The van der Waals surface area contributed by atoms with E-state index in [1.807, 2.05) is 11.0 Å². The van der Waals surface area contributed by atoms with Crippen LogP contribution in [0.15, 0.2) is 18.5 Å². The summed E-state index contributed by atoms with van der Waals surface area (Å²) >= 11 is 0. The van der Waals surface area contributed by atoms with E-state index in [2.05, 4.69) is 21.8 Å². The van der Waals surface area contributed by atoms with Crippen molar-refractivity contribution in [3.05, 3.63) is 18.5 Å². The first-order valence-corrected chi connectivity index (χ1v) is 7.52. The highest BCUT2D eigenvalue weighted by molar-refractivity contribution is 5.77. The molecule has 2 fully saturated rings. The fourth-order valence-electron chi connectivity index (χ4n) is 3.43. The number of piperidine rings is 2. The molecule has 1 spiro atoms. The van der Waals surface area contributed by atoms with E-state index in [0.29, 0.717) is 11.3 Å². The first kappa shape index (κ1) is 13.3. The predicted molar refractivity (Wildman–Crippen MR) is 77.4 cm³/mol. The lowest BCUT2D eigenvalue weighted by molar-refractivity contribution is -0.137. The molecule has 0 unspecified atom stereocenters. The van der Waals surface area contributed by atoms with E-state index in [9.17, 15) is 4.79 Å². The first-order valence-electron chi connectivity index (χ1n) is 7.52. The van der Waals surface area contributed by atoms with Gasteiger partial charge in [-0.05, 0) is 37.7 Å². The number of aromatic nitrogens is 2. The molecule has 0 bridgehead atoms. The molecule has 0 atom stereocenters. The Hall–Kier alpha value is -1.65. The maximum atomic E-state index is 11.8. The second-order valence-electron chi connectivity index (χ2n) is 5.94. The van der Waals surface area contributed by atoms with Gasteiger partial charge >= 0.3 is 0 Å². The van der Waals surface area contributed by atoms with E-state index in [1.54, 1.807) is 12.4 Å². The number of rotatable bonds is 2. The fourth-order valence-corrected chi connectivity index (χ4v) is 3.43. The Morgan fingerprint density at radius 1 is 1.20 bits per heavy atom. The minimum absolute atomic E-state index is 0.326. The van der Waals surface area contributed by atoms with Crippen LogP contribution < -0.4 is 4.90 Å². The number of carbonyl (C=O) groups excluding carboxylic acids is 1. The third-order valence-electron chi connectivity index (χ3n) is 4.79. The second kappa shape index (κ2) is 5.38. The van der Waals surface area contributed by atoms with E-state index >= 15 is 0 Å². The minimum Gasteiger partial charge on any atom is -0.342 e. The van der Waals surface area contributed by atoms with Gasteiger partial charge in [0.2, 0.25) is 11.9 Å². The average Bonchev–Trinajstić information content (AvgIpc) is 2.52. The van der Waals surface area contributed by atoms with Crippen LogP contribution in [0.4, 0.5) is 5.95 Å². The number of likely N-dealkylation sites (tertiary alicyclic amines) is 1. The molecule has 20 heavy (non-hydrogen) atoms. The molecule has 0 radical (unpaired) electrons. The number of carbonyl (C=O) groups is 1. The summed E-state index contributed by atoms with van der Waals surface area (Å²) in [5, 5.41) is 0. The summed E-state index contributed by atoms with van der Waals surface area (Å²) in [5.74, 6) is 1.16. The highest BCUT2D eigenvalue weighted by Gasteiger charge is 2.40. The number of nitrogens with zero attached hydrogens (tertiary/aromatic N) is 4. The molecule has 2 aliphatic heterocycles. The molecular formula is C15H22N4O. The Bertz CT molecular complexity index is 468. The lowest BCUT2D eigenvalue weighted by Gasteiger charge is -2.47. The molecule has 1 aromatic heterocycles. The number of hydrogen-bond acceptors (Lipinski definition) is 4. The van der Waals surface area contributed by atoms with Crippen LogP contribution >= 0.6 is 0 Å². The zero-order valence-corrected chi connectivity index (χ0v) is 12.1. The molecule has 0 saturated carbocycles. The molecule has 1 aromatic rings. The third kappa shape index (κ3) is 2.49. The maximum Gasteiger partial charge on any atom is 0.225 e. The van der Waals surface area contributed by atoms with Gasteiger partial charge in [-0.1, -0.05) is 0 Å². The summed E-state index contributed by atoms with van der Waals surface area (Å²) in [5.41, 5.74) is 0.329. The summed E-state index contributed by atoms with van der Waals surface area (Å²) in [4.78, 5) is 24.8. The topological polar surface area (TPSA) is 49.3 Å². The molecule has 0 aliphatic carbocycles. The fraction of sp³-hybridized carbons (Fsp3) is 0.667. The predicted octanol–water partition coefficient (Wildman–Crippen LogP) is 1.71. The molecule has 5 nitrogen and oxygen atoms in total. The largest absolute Gasteiger partial charge is 0.342 e. The number of anilines is 1. The monoisotopic (exact) mass is 274 g/mol. The van der Waals surface area contributed by atoms with Gasteiger partial charge in [-0.25, -0.2) is 9.97 Å². The van der Waals surface area contributed by atoms with Gasteiger partial charge in [-0.2, -0.15) is 0 Å². The lowest BCUT2D eigenvalue weighted by Crippen LogP contribution is -2.51. The Labute approximate surface area is 120 Å². The molecule has 3 heterocycles. The molecule has 3 rings (SSSR count). The normalized spacial score (nSPS) is 22.4. The van der Waals surface area contributed by atoms with Gasteiger partial charge in [0.25, 0.3) is 0 Å². The molecule has 5 heteroatoms. The van der Waals surface area contributed by atoms with Crippen molar-refractivity contribution >= 4 is 11.9 Å². The minimum atomic E-state index is 0.326. The van der Waals surface area contributed by atoms with Crippen molar-refractivity contribution in [2.45, 2.75) is 32.6 Å².